The van der Waals surface area contributed by atoms with E-state index in [1.165, 1.54) is 5.56 Å². The lowest BCUT2D eigenvalue weighted by Crippen LogP contribution is -2.43. The summed E-state index contributed by atoms with van der Waals surface area (Å²) in [5.41, 5.74) is 4.22. The van der Waals surface area contributed by atoms with Crippen molar-refractivity contribution in [1.82, 2.24) is 5.32 Å². The Hall–Kier alpha value is -2.62. The van der Waals surface area contributed by atoms with Crippen LogP contribution in [0.4, 0.5) is 5.69 Å². The summed E-state index contributed by atoms with van der Waals surface area (Å²) >= 11 is 0. The summed E-state index contributed by atoms with van der Waals surface area (Å²) in [5, 5.41) is 2.76. The van der Waals surface area contributed by atoms with Gasteiger partial charge in [-0.1, -0.05) is 42.5 Å². The maximum absolute atomic E-state index is 12.6. The first-order chi connectivity index (χ1) is 11.6. The van der Waals surface area contributed by atoms with Gasteiger partial charge in [0.15, 0.2) is 0 Å². The zero-order valence-corrected chi connectivity index (χ0v) is 14.1. The van der Waals surface area contributed by atoms with Crippen LogP contribution in [0.2, 0.25) is 0 Å². The predicted molar refractivity (Wildman–Crippen MR) is 95.0 cm³/mol. The summed E-state index contributed by atoms with van der Waals surface area (Å²) in [6.45, 7) is 4.05. The van der Waals surface area contributed by atoms with Gasteiger partial charge >= 0.3 is 0 Å². The second-order valence-corrected chi connectivity index (χ2v) is 6.33. The molecule has 1 N–H and O–H groups in total. The highest BCUT2D eigenvalue weighted by Crippen LogP contribution is 2.31. The van der Waals surface area contributed by atoms with Crippen LogP contribution in [-0.4, -0.2) is 24.4 Å². The van der Waals surface area contributed by atoms with E-state index >= 15 is 0 Å². The van der Waals surface area contributed by atoms with E-state index in [1.54, 1.807) is 4.90 Å². The molecule has 0 fully saturated rings. The molecule has 0 aromatic heterocycles. The van der Waals surface area contributed by atoms with Crippen LogP contribution in [0, 0.1) is 6.92 Å². The molecule has 3 rings (SSSR count). The number of hydrogen-bond acceptors (Lipinski definition) is 2. The van der Waals surface area contributed by atoms with E-state index in [0.717, 1.165) is 23.2 Å². The smallest absolute Gasteiger partial charge is 0.246 e. The number of rotatable bonds is 4. The average Bonchev–Trinajstić information content (AvgIpc) is 2.90. The third-order valence-electron chi connectivity index (χ3n) is 4.52. The molecule has 0 aliphatic carbocycles. The number of amides is 2. The summed E-state index contributed by atoms with van der Waals surface area (Å²) < 4.78 is 0. The van der Waals surface area contributed by atoms with Gasteiger partial charge in [0.1, 0.15) is 0 Å². The number of fused-ring (bicyclic) bond motifs is 1. The molecule has 4 heteroatoms. The third kappa shape index (κ3) is 3.32. The molecule has 0 saturated heterocycles. The molecule has 2 amide bonds. The predicted octanol–water partition coefficient (Wildman–Crippen LogP) is 2.63. The Morgan fingerprint density at radius 3 is 2.62 bits per heavy atom. The number of para-hydroxylation sites is 1. The lowest BCUT2D eigenvalue weighted by atomic mass is 10.1. The minimum absolute atomic E-state index is 0.0311. The molecule has 0 spiro atoms. The second kappa shape index (κ2) is 6.87. The molecule has 124 valence electrons. The molecule has 0 bridgehead atoms. The first kappa shape index (κ1) is 16.2. The standard InChI is InChI=1S/C20H22N2O2/c1-14-7-3-4-8-16(14)12-19(23)21-13-20(24)22-15(2)11-17-9-5-6-10-18(17)22/h3-10,15H,11-13H2,1-2H3,(H,21,23). The Bertz CT molecular complexity index is 770. The molecule has 0 saturated carbocycles. The van der Waals surface area contributed by atoms with Crippen LogP contribution in [0.25, 0.3) is 0 Å². The summed E-state index contributed by atoms with van der Waals surface area (Å²) in [6.07, 6.45) is 1.16. The second-order valence-electron chi connectivity index (χ2n) is 6.33. The zero-order chi connectivity index (χ0) is 17.1. The van der Waals surface area contributed by atoms with Crippen LogP contribution in [0.5, 0.6) is 0 Å². The van der Waals surface area contributed by atoms with Crippen molar-refractivity contribution < 1.29 is 9.59 Å². The highest BCUT2D eigenvalue weighted by atomic mass is 16.2. The van der Waals surface area contributed by atoms with E-state index in [1.807, 2.05) is 56.3 Å². The highest BCUT2D eigenvalue weighted by Gasteiger charge is 2.30. The molecule has 1 aliphatic heterocycles. The van der Waals surface area contributed by atoms with E-state index < -0.39 is 0 Å². The lowest BCUT2D eigenvalue weighted by molar-refractivity contribution is -0.124. The van der Waals surface area contributed by atoms with Crippen LogP contribution in [0.15, 0.2) is 48.5 Å². The maximum atomic E-state index is 12.6. The quantitative estimate of drug-likeness (QED) is 0.941. The van der Waals surface area contributed by atoms with E-state index in [0.29, 0.717) is 6.42 Å². The topological polar surface area (TPSA) is 49.4 Å². The van der Waals surface area contributed by atoms with Gasteiger partial charge < -0.3 is 10.2 Å². The highest BCUT2D eigenvalue weighted by molar-refractivity contribution is 5.99. The first-order valence-electron chi connectivity index (χ1n) is 8.27. The largest absolute Gasteiger partial charge is 0.347 e. The van der Waals surface area contributed by atoms with Crippen molar-refractivity contribution >= 4 is 17.5 Å². The molecule has 2 aromatic rings. The number of carbonyl (C=O) groups is 2. The Morgan fingerprint density at radius 1 is 1.12 bits per heavy atom. The van der Waals surface area contributed by atoms with E-state index in [2.05, 4.69) is 11.4 Å². The van der Waals surface area contributed by atoms with Crippen molar-refractivity contribution in [2.75, 3.05) is 11.4 Å². The number of carbonyl (C=O) groups excluding carboxylic acids is 2. The van der Waals surface area contributed by atoms with Crippen molar-refractivity contribution in [2.24, 2.45) is 0 Å². The van der Waals surface area contributed by atoms with Gasteiger partial charge in [0, 0.05) is 11.7 Å². The van der Waals surface area contributed by atoms with E-state index in [-0.39, 0.29) is 24.4 Å². The van der Waals surface area contributed by atoms with Crippen LogP contribution in [0.1, 0.15) is 23.6 Å². The number of hydrogen-bond donors (Lipinski definition) is 1. The molecule has 1 heterocycles. The SMILES string of the molecule is Cc1ccccc1CC(=O)NCC(=O)N1c2ccccc2CC1C. The van der Waals surface area contributed by atoms with Crippen LogP contribution < -0.4 is 10.2 Å². The van der Waals surface area contributed by atoms with Crippen molar-refractivity contribution in [2.45, 2.75) is 32.7 Å². The Labute approximate surface area is 142 Å². The maximum Gasteiger partial charge on any atom is 0.246 e. The number of benzene rings is 2. The molecule has 0 radical (unpaired) electrons. The molecule has 1 aliphatic rings. The first-order valence-corrected chi connectivity index (χ1v) is 8.27. The molecule has 4 nitrogen and oxygen atoms in total. The zero-order valence-electron chi connectivity index (χ0n) is 14.1. The molecule has 24 heavy (non-hydrogen) atoms. The molecular weight excluding hydrogens is 300 g/mol. The van der Waals surface area contributed by atoms with Gasteiger partial charge in [-0.2, -0.15) is 0 Å². The van der Waals surface area contributed by atoms with Crippen LogP contribution in [0.3, 0.4) is 0 Å². The van der Waals surface area contributed by atoms with Gasteiger partial charge in [-0.3, -0.25) is 9.59 Å². The minimum atomic E-state index is -0.127. The fourth-order valence-corrected chi connectivity index (χ4v) is 3.25. The molecule has 1 unspecified atom stereocenters. The summed E-state index contributed by atoms with van der Waals surface area (Å²) in [4.78, 5) is 26.5. The van der Waals surface area contributed by atoms with Gasteiger partial charge in [-0.25, -0.2) is 0 Å². The molecule has 1 atom stereocenters. The normalized spacial score (nSPS) is 15.9. The number of nitrogens with one attached hydrogen (secondary N) is 1. The van der Waals surface area contributed by atoms with Gasteiger partial charge in [0.05, 0.1) is 13.0 Å². The monoisotopic (exact) mass is 322 g/mol. The fourth-order valence-electron chi connectivity index (χ4n) is 3.25. The molecular formula is C20H22N2O2. The van der Waals surface area contributed by atoms with E-state index in [9.17, 15) is 9.59 Å². The number of nitrogens with zero attached hydrogens (tertiary/aromatic N) is 1. The molecule has 2 aromatic carbocycles. The van der Waals surface area contributed by atoms with Crippen molar-refractivity contribution in [3.8, 4) is 0 Å². The lowest BCUT2D eigenvalue weighted by Gasteiger charge is -2.23. The van der Waals surface area contributed by atoms with Gasteiger partial charge in [-0.05, 0) is 43.0 Å². The Kier molecular flexibility index (Phi) is 4.65. The minimum Gasteiger partial charge on any atom is -0.347 e. The van der Waals surface area contributed by atoms with Crippen LogP contribution >= 0.6 is 0 Å². The fraction of sp³-hybridized carbons (Fsp3) is 0.300. The number of aryl methyl sites for hydroxylation is 1. The van der Waals surface area contributed by atoms with E-state index in [4.69, 9.17) is 0 Å². The van der Waals surface area contributed by atoms with Crippen molar-refractivity contribution in [1.29, 1.82) is 0 Å². The summed E-state index contributed by atoms with van der Waals surface area (Å²) in [7, 11) is 0. The number of anilines is 1. The summed E-state index contributed by atoms with van der Waals surface area (Å²) in [6, 6.07) is 15.9. The Morgan fingerprint density at radius 2 is 1.83 bits per heavy atom. The third-order valence-corrected chi connectivity index (χ3v) is 4.52. The van der Waals surface area contributed by atoms with Gasteiger partial charge in [-0.15, -0.1) is 0 Å². The van der Waals surface area contributed by atoms with Gasteiger partial charge in [0.25, 0.3) is 0 Å². The van der Waals surface area contributed by atoms with Gasteiger partial charge in [0.2, 0.25) is 11.8 Å². The Balaban J connectivity index is 1.60. The average molecular weight is 322 g/mol. The van der Waals surface area contributed by atoms with Crippen molar-refractivity contribution in [3.63, 3.8) is 0 Å². The van der Waals surface area contributed by atoms with Crippen LogP contribution in [-0.2, 0) is 22.4 Å². The van der Waals surface area contributed by atoms with Crippen molar-refractivity contribution in [3.05, 3.63) is 65.2 Å². The summed E-state index contributed by atoms with van der Waals surface area (Å²) in [5.74, 6) is -0.191.